The Morgan fingerprint density at radius 3 is 2.62 bits per heavy atom. The average Bonchev–Trinajstić information content (AvgIpc) is 2.45. The van der Waals surface area contributed by atoms with Crippen molar-refractivity contribution in [1.29, 1.82) is 0 Å². The molecular weight excluding hydrogens is 354 g/mol. The van der Waals surface area contributed by atoms with Crippen molar-refractivity contribution in [1.82, 2.24) is 0 Å². The van der Waals surface area contributed by atoms with Gasteiger partial charge < -0.3 is 15.2 Å². The number of nitrogens with two attached hydrogens (primary N) is 1. The standard InChI is InChI=1S/C16H17BrClNO2/c1-10(19)14-6-5-13(20-2)8-16(14)21-9-11-3-4-12(17)7-15(11)18/h3-8,10H,9,19H2,1-2H3/t10-/m1/s1. The number of hydrogen-bond donors (Lipinski definition) is 1. The Balaban J connectivity index is 2.22. The van der Waals surface area contributed by atoms with E-state index in [1.165, 1.54) is 0 Å². The molecule has 0 radical (unpaired) electrons. The molecule has 2 aromatic carbocycles. The Morgan fingerprint density at radius 2 is 2.00 bits per heavy atom. The number of ether oxygens (including phenoxy) is 2. The molecule has 0 unspecified atom stereocenters. The van der Waals surface area contributed by atoms with Crippen molar-refractivity contribution in [3.8, 4) is 11.5 Å². The quantitative estimate of drug-likeness (QED) is 0.829. The van der Waals surface area contributed by atoms with Crippen molar-refractivity contribution in [3.63, 3.8) is 0 Å². The molecule has 3 nitrogen and oxygen atoms in total. The molecular formula is C16H17BrClNO2. The highest BCUT2D eigenvalue weighted by Gasteiger charge is 2.11. The third kappa shape index (κ3) is 4.13. The smallest absolute Gasteiger partial charge is 0.128 e. The van der Waals surface area contributed by atoms with Gasteiger partial charge in [0.05, 0.1) is 7.11 Å². The maximum Gasteiger partial charge on any atom is 0.128 e. The summed E-state index contributed by atoms with van der Waals surface area (Å²) in [7, 11) is 1.62. The van der Waals surface area contributed by atoms with Crippen LogP contribution in [-0.2, 0) is 6.61 Å². The van der Waals surface area contributed by atoms with E-state index in [-0.39, 0.29) is 6.04 Å². The number of benzene rings is 2. The second-order valence-corrected chi connectivity index (χ2v) is 6.04. The van der Waals surface area contributed by atoms with Gasteiger partial charge in [-0.1, -0.05) is 39.7 Å². The molecule has 0 bridgehead atoms. The maximum absolute atomic E-state index is 6.20. The summed E-state index contributed by atoms with van der Waals surface area (Å²) < 4.78 is 12.1. The van der Waals surface area contributed by atoms with Gasteiger partial charge in [-0.2, -0.15) is 0 Å². The summed E-state index contributed by atoms with van der Waals surface area (Å²) in [6.45, 7) is 2.29. The van der Waals surface area contributed by atoms with Gasteiger partial charge in [0.15, 0.2) is 0 Å². The summed E-state index contributed by atoms with van der Waals surface area (Å²) in [6, 6.07) is 11.2. The third-order valence-corrected chi connectivity index (χ3v) is 3.95. The lowest BCUT2D eigenvalue weighted by Gasteiger charge is -2.16. The van der Waals surface area contributed by atoms with E-state index in [4.69, 9.17) is 26.8 Å². The van der Waals surface area contributed by atoms with Crippen molar-refractivity contribution < 1.29 is 9.47 Å². The summed E-state index contributed by atoms with van der Waals surface area (Å²) in [4.78, 5) is 0. The highest BCUT2D eigenvalue weighted by molar-refractivity contribution is 9.10. The maximum atomic E-state index is 6.20. The number of methoxy groups -OCH3 is 1. The second-order valence-electron chi connectivity index (χ2n) is 4.72. The van der Waals surface area contributed by atoms with E-state index in [9.17, 15) is 0 Å². The van der Waals surface area contributed by atoms with Crippen LogP contribution < -0.4 is 15.2 Å². The normalized spacial score (nSPS) is 12.0. The second kappa shape index (κ2) is 7.16. The molecule has 0 aliphatic rings. The minimum Gasteiger partial charge on any atom is -0.497 e. The van der Waals surface area contributed by atoms with Crippen LogP contribution in [0.1, 0.15) is 24.1 Å². The third-order valence-electron chi connectivity index (χ3n) is 3.11. The molecule has 5 heteroatoms. The first-order valence-electron chi connectivity index (χ1n) is 6.51. The van der Waals surface area contributed by atoms with E-state index in [0.29, 0.717) is 17.4 Å². The Morgan fingerprint density at radius 1 is 1.24 bits per heavy atom. The summed E-state index contributed by atoms with van der Waals surface area (Å²) in [6.07, 6.45) is 0. The molecule has 0 spiro atoms. The van der Waals surface area contributed by atoms with Crippen LogP contribution >= 0.6 is 27.5 Å². The molecule has 0 aliphatic carbocycles. The van der Waals surface area contributed by atoms with Crippen LogP contribution in [0.5, 0.6) is 11.5 Å². The van der Waals surface area contributed by atoms with E-state index in [0.717, 1.165) is 21.3 Å². The zero-order valence-corrected chi connectivity index (χ0v) is 14.2. The fourth-order valence-electron chi connectivity index (χ4n) is 1.94. The summed E-state index contributed by atoms with van der Waals surface area (Å²) in [5.41, 5.74) is 7.82. The number of hydrogen-bond acceptors (Lipinski definition) is 3. The van der Waals surface area contributed by atoms with Gasteiger partial charge in [0.1, 0.15) is 18.1 Å². The van der Waals surface area contributed by atoms with Gasteiger partial charge in [-0.25, -0.2) is 0 Å². The van der Waals surface area contributed by atoms with E-state index in [1.807, 2.05) is 43.3 Å². The largest absolute Gasteiger partial charge is 0.497 e. The van der Waals surface area contributed by atoms with Gasteiger partial charge in [-0.15, -0.1) is 0 Å². The summed E-state index contributed by atoms with van der Waals surface area (Å²) >= 11 is 9.58. The van der Waals surface area contributed by atoms with Crippen LogP contribution in [0.2, 0.25) is 5.02 Å². The molecule has 0 fully saturated rings. The SMILES string of the molecule is COc1ccc([C@@H](C)N)c(OCc2ccc(Br)cc2Cl)c1. The molecule has 21 heavy (non-hydrogen) atoms. The number of rotatable bonds is 5. The van der Waals surface area contributed by atoms with E-state index < -0.39 is 0 Å². The van der Waals surface area contributed by atoms with Crippen LogP contribution in [0.4, 0.5) is 0 Å². The highest BCUT2D eigenvalue weighted by Crippen LogP contribution is 2.30. The molecule has 2 N–H and O–H groups in total. The molecule has 1 atom stereocenters. The molecule has 2 rings (SSSR count). The van der Waals surface area contributed by atoms with Crippen LogP contribution in [0, 0.1) is 0 Å². The minimum atomic E-state index is -0.119. The van der Waals surface area contributed by atoms with Crippen molar-refractivity contribution in [2.75, 3.05) is 7.11 Å². The van der Waals surface area contributed by atoms with Gasteiger partial charge in [-0.05, 0) is 25.1 Å². The Hall–Kier alpha value is -1.23. The van der Waals surface area contributed by atoms with E-state index in [1.54, 1.807) is 7.11 Å². The Bertz CT molecular complexity index is 632. The first-order valence-corrected chi connectivity index (χ1v) is 7.68. The average molecular weight is 371 g/mol. The molecule has 2 aromatic rings. The monoisotopic (exact) mass is 369 g/mol. The fraction of sp³-hybridized carbons (Fsp3) is 0.250. The van der Waals surface area contributed by atoms with E-state index >= 15 is 0 Å². The first kappa shape index (κ1) is 16.1. The molecule has 0 amide bonds. The minimum absolute atomic E-state index is 0.119. The van der Waals surface area contributed by atoms with Crippen LogP contribution in [0.3, 0.4) is 0 Å². The van der Waals surface area contributed by atoms with Gasteiger partial charge >= 0.3 is 0 Å². The first-order chi connectivity index (χ1) is 10.0. The van der Waals surface area contributed by atoms with Crippen molar-refractivity contribution >= 4 is 27.5 Å². The molecule has 0 heterocycles. The van der Waals surface area contributed by atoms with Crippen LogP contribution in [0.15, 0.2) is 40.9 Å². The molecule has 112 valence electrons. The van der Waals surface area contributed by atoms with Crippen LogP contribution in [0.25, 0.3) is 0 Å². The lowest BCUT2D eigenvalue weighted by atomic mass is 10.1. The van der Waals surface area contributed by atoms with Gasteiger partial charge in [-0.3, -0.25) is 0 Å². The van der Waals surface area contributed by atoms with Crippen molar-refractivity contribution in [3.05, 3.63) is 57.0 Å². The zero-order chi connectivity index (χ0) is 15.4. The topological polar surface area (TPSA) is 44.5 Å². The molecule has 0 aliphatic heterocycles. The van der Waals surface area contributed by atoms with Crippen molar-refractivity contribution in [2.45, 2.75) is 19.6 Å². The zero-order valence-electron chi connectivity index (χ0n) is 11.9. The Kier molecular flexibility index (Phi) is 5.51. The van der Waals surface area contributed by atoms with Gasteiger partial charge in [0.25, 0.3) is 0 Å². The molecule has 0 saturated carbocycles. The van der Waals surface area contributed by atoms with Crippen LogP contribution in [-0.4, -0.2) is 7.11 Å². The molecule has 0 aromatic heterocycles. The predicted molar refractivity (Wildman–Crippen MR) is 89.1 cm³/mol. The number of halogens is 2. The lowest BCUT2D eigenvalue weighted by Crippen LogP contribution is -2.08. The Labute approximate surface area is 138 Å². The van der Waals surface area contributed by atoms with E-state index in [2.05, 4.69) is 15.9 Å². The van der Waals surface area contributed by atoms with Gasteiger partial charge in [0, 0.05) is 32.7 Å². The van der Waals surface area contributed by atoms with Crippen molar-refractivity contribution in [2.24, 2.45) is 5.73 Å². The summed E-state index contributed by atoms with van der Waals surface area (Å²) in [5, 5.41) is 0.662. The molecule has 0 saturated heterocycles. The fourth-order valence-corrected chi connectivity index (χ4v) is 2.67. The predicted octanol–water partition coefficient (Wildman–Crippen LogP) is 4.71. The van der Waals surface area contributed by atoms with Gasteiger partial charge in [0.2, 0.25) is 0 Å². The lowest BCUT2D eigenvalue weighted by molar-refractivity contribution is 0.299. The highest BCUT2D eigenvalue weighted by atomic mass is 79.9. The summed E-state index contributed by atoms with van der Waals surface area (Å²) in [5.74, 6) is 1.44.